The Morgan fingerprint density at radius 2 is 1.82 bits per heavy atom. The van der Waals surface area contributed by atoms with Crippen molar-refractivity contribution in [3.63, 3.8) is 0 Å². The lowest BCUT2D eigenvalue weighted by Crippen LogP contribution is -2.08. The van der Waals surface area contributed by atoms with Crippen LogP contribution in [0.1, 0.15) is 31.6 Å². The second-order valence-electron chi connectivity index (χ2n) is 6.84. The molecule has 0 spiro atoms. The standard InChI is InChI=1S/C24H24N2O2/c1-3-9-21(27)24-23(17-10-5-4-6-11-17)19-16-18(28-2)13-14-20(19)26(24)22-12-7-8-15-25-22/h4-8,10-16,21,27H,3,9H2,1-2H3. The maximum absolute atomic E-state index is 11.2. The number of methoxy groups -OCH3 is 1. The number of aliphatic hydroxyl groups is 1. The SMILES string of the molecule is CCCC(O)c1c(-c2ccccc2)c2cc(OC)ccc2n1-c1ccccn1. The molecule has 28 heavy (non-hydrogen) atoms. The first-order valence-electron chi connectivity index (χ1n) is 9.61. The molecule has 0 aliphatic rings. The Kier molecular flexibility index (Phi) is 5.13. The van der Waals surface area contributed by atoms with Crippen molar-refractivity contribution in [1.29, 1.82) is 0 Å². The molecule has 1 atom stereocenters. The van der Waals surface area contributed by atoms with Crippen LogP contribution in [0.15, 0.2) is 72.9 Å². The largest absolute Gasteiger partial charge is 0.497 e. The third kappa shape index (κ3) is 3.16. The highest BCUT2D eigenvalue weighted by atomic mass is 16.5. The maximum atomic E-state index is 11.2. The fourth-order valence-electron chi connectivity index (χ4n) is 3.78. The van der Waals surface area contributed by atoms with Gasteiger partial charge in [-0.25, -0.2) is 4.98 Å². The molecule has 142 valence electrons. The monoisotopic (exact) mass is 372 g/mol. The van der Waals surface area contributed by atoms with Crippen molar-refractivity contribution in [2.45, 2.75) is 25.9 Å². The lowest BCUT2D eigenvalue weighted by atomic mass is 9.98. The van der Waals surface area contributed by atoms with Gasteiger partial charge in [-0.1, -0.05) is 49.7 Å². The van der Waals surface area contributed by atoms with Crippen LogP contribution < -0.4 is 4.74 Å². The lowest BCUT2D eigenvalue weighted by Gasteiger charge is -2.17. The van der Waals surface area contributed by atoms with Crippen LogP contribution >= 0.6 is 0 Å². The topological polar surface area (TPSA) is 47.3 Å². The van der Waals surface area contributed by atoms with Crippen molar-refractivity contribution in [1.82, 2.24) is 9.55 Å². The summed E-state index contributed by atoms with van der Waals surface area (Å²) in [6.45, 7) is 2.09. The van der Waals surface area contributed by atoms with Crippen LogP contribution in [-0.2, 0) is 0 Å². The number of nitrogens with zero attached hydrogens (tertiary/aromatic N) is 2. The van der Waals surface area contributed by atoms with E-state index in [-0.39, 0.29) is 0 Å². The third-order valence-electron chi connectivity index (χ3n) is 5.03. The van der Waals surface area contributed by atoms with Gasteiger partial charge in [0, 0.05) is 17.1 Å². The average Bonchev–Trinajstić information content (AvgIpc) is 3.09. The highest BCUT2D eigenvalue weighted by Gasteiger charge is 2.25. The van der Waals surface area contributed by atoms with E-state index in [2.05, 4.69) is 28.6 Å². The molecule has 4 aromatic rings. The molecule has 0 radical (unpaired) electrons. The minimum Gasteiger partial charge on any atom is -0.497 e. The summed E-state index contributed by atoms with van der Waals surface area (Å²) < 4.78 is 7.57. The molecule has 0 amide bonds. The van der Waals surface area contributed by atoms with Gasteiger partial charge in [-0.05, 0) is 42.3 Å². The summed E-state index contributed by atoms with van der Waals surface area (Å²) in [6.07, 6.45) is 2.76. The van der Waals surface area contributed by atoms with Gasteiger partial charge in [-0.3, -0.25) is 4.57 Å². The van der Waals surface area contributed by atoms with Crippen molar-refractivity contribution >= 4 is 10.9 Å². The molecular weight excluding hydrogens is 348 g/mol. The van der Waals surface area contributed by atoms with Gasteiger partial charge < -0.3 is 9.84 Å². The van der Waals surface area contributed by atoms with Crippen molar-refractivity contribution < 1.29 is 9.84 Å². The van der Waals surface area contributed by atoms with Crippen molar-refractivity contribution in [2.75, 3.05) is 7.11 Å². The minimum absolute atomic E-state index is 0.597. The van der Waals surface area contributed by atoms with Crippen LogP contribution in [0.3, 0.4) is 0 Å². The summed E-state index contributed by atoms with van der Waals surface area (Å²) in [4.78, 5) is 4.57. The Morgan fingerprint density at radius 3 is 2.50 bits per heavy atom. The van der Waals surface area contributed by atoms with Crippen LogP contribution in [-0.4, -0.2) is 21.8 Å². The fourth-order valence-corrected chi connectivity index (χ4v) is 3.78. The molecule has 0 aliphatic heterocycles. The first kappa shape index (κ1) is 18.3. The van der Waals surface area contributed by atoms with Crippen LogP contribution in [0.4, 0.5) is 0 Å². The first-order valence-corrected chi connectivity index (χ1v) is 9.61. The van der Waals surface area contributed by atoms with E-state index in [1.54, 1.807) is 13.3 Å². The van der Waals surface area contributed by atoms with E-state index in [0.717, 1.165) is 45.7 Å². The molecule has 0 saturated heterocycles. The quantitative estimate of drug-likeness (QED) is 0.484. The Morgan fingerprint density at radius 1 is 1.04 bits per heavy atom. The van der Waals surface area contributed by atoms with E-state index in [0.29, 0.717) is 6.42 Å². The van der Waals surface area contributed by atoms with E-state index >= 15 is 0 Å². The number of aromatic nitrogens is 2. The van der Waals surface area contributed by atoms with Crippen molar-refractivity contribution in [3.8, 4) is 22.7 Å². The highest BCUT2D eigenvalue weighted by Crippen LogP contribution is 2.42. The van der Waals surface area contributed by atoms with E-state index < -0.39 is 6.10 Å². The zero-order chi connectivity index (χ0) is 19.5. The number of aliphatic hydroxyl groups excluding tert-OH is 1. The van der Waals surface area contributed by atoms with Gasteiger partial charge in [-0.2, -0.15) is 0 Å². The average molecular weight is 372 g/mol. The van der Waals surface area contributed by atoms with Crippen LogP contribution in [0.2, 0.25) is 0 Å². The van der Waals surface area contributed by atoms with Crippen LogP contribution in [0.25, 0.3) is 27.8 Å². The number of pyridine rings is 1. The van der Waals surface area contributed by atoms with E-state index in [4.69, 9.17) is 4.74 Å². The molecule has 0 aliphatic carbocycles. The molecule has 1 unspecified atom stereocenters. The highest BCUT2D eigenvalue weighted by molar-refractivity contribution is 6.00. The van der Waals surface area contributed by atoms with E-state index in [1.807, 2.05) is 54.6 Å². The zero-order valence-electron chi connectivity index (χ0n) is 16.2. The molecule has 2 aromatic heterocycles. The summed E-state index contributed by atoms with van der Waals surface area (Å²) in [7, 11) is 1.67. The Bertz CT molecular complexity index is 1070. The Balaban J connectivity index is 2.13. The van der Waals surface area contributed by atoms with E-state index in [1.165, 1.54) is 0 Å². The van der Waals surface area contributed by atoms with Gasteiger partial charge >= 0.3 is 0 Å². The molecule has 4 heteroatoms. The Hall–Kier alpha value is -3.11. The molecule has 2 heterocycles. The number of benzene rings is 2. The van der Waals surface area contributed by atoms with E-state index in [9.17, 15) is 5.11 Å². The zero-order valence-corrected chi connectivity index (χ0v) is 16.2. The van der Waals surface area contributed by atoms with Gasteiger partial charge in [0.25, 0.3) is 0 Å². The van der Waals surface area contributed by atoms with Crippen LogP contribution in [0, 0.1) is 0 Å². The third-order valence-corrected chi connectivity index (χ3v) is 5.03. The number of hydrogen-bond acceptors (Lipinski definition) is 3. The fraction of sp³-hybridized carbons (Fsp3) is 0.208. The molecule has 0 bridgehead atoms. The number of fused-ring (bicyclic) bond motifs is 1. The maximum Gasteiger partial charge on any atom is 0.137 e. The van der Waals surface area contributed by atoms with Crippen molar-refractivity contribution in [3.05, 3.63) is 78.6 Å². The summed E-state index contributed by atoms with van der Waals surface area (Å²) >= 11 is 0. The van der Waals surface area contributed by atoms with Gasteiger partial charge in [0.05, 0.1) is 24.4 Å². The van der Waals surface area contributed by atoms with Gasteiger partial charge in [0.1, 0.15) is 11.6 Å². The summed E-state index contributed by atoms with van der Waals surface area (Å²) in [5.74, 6) is 1.59. The molecule has 4 rings (SSSR count). The minimum atomic E-state index is -0.597. The van der Waals surface area contributed by atoms with Gasteiger partial charge in [0.2, 0.25) is 0 Å². The number of rotatable bonds is 6. The Labute approximate surface area is 165 Å². The second-order valence-corrected chi connectivity index (χ2v) is 6.84. The van der Waals surface area contributed by atoms with Crippen LogP contribution in [0.5, 0.6) is 5.75 Å². The summed E-state index contributed by atoms with van der Waals surface area (Å²) in [5.41, 5.74) is 3.97. The normalized spacial score (nSPS) is 12.2. The second kappa shape index (κ2) is 7.87. The van der Waals surface area contributed by atoms with Crippen molar-refractivity contribution in [2.24, 2.45) is 0 Å². The molecule has 0 saturated carbocycles. The number of hydrogen-bond donors (Lipinski definition) is 1. The summed E-state index contributed by atoms with van der Waals surface area (Å²) in [6, 6.07) is 22.1. The molecule has 0 fully saturated rings. The summed E-state index contributed by atoms with van der Waals surface area (Å²) in [5, 5.41) is 12.2. The molecular formula is C24H24N2O2. The molecule has 2 aromatic carbocycles. The van der Waals surface area contributed by atoms with Gasteiger partial charge in [-0.15, -0.1) is 0 Å². The molecule has 4 nitrogen and oxygen atoms in total. The predicted octanol–water partition coefficient (Wildman–Crippen LogP) is 5.53. The lowest BCUT2D eigenvalue weighted by molar-refractivity contribution is 0.161. The first-order chi connectivity index (χ1) is 13.7. The van der Waals surface area contributed by atoms with Gasteiger partial charge in [0.15, 0.2) is 0 Å². The number of ether oxygens (including phenoxy) is 1. The predicted molar refractivity (Wildman–Crippen MR) is 113 cm³/mol. The smallest absolute Gasteiger partial charge is 0.137 e. The molecule has 1 N–H and O–H groups in total.